The number of hydrogen-bond donors (Lipinski definition) is 3. The lowest BCUT2D eigenvalue weighted by Gasteiger charge is -2.40. The van der Waals surface area contributed by atoms with E-state index in [1.54, 1.807) is 36.6 Å². The highest BCUT2D eigenvalue weighted by Crippen LogP contribution is 2.34. The quantitative estimate of drug-likeness (QED) is 0.0622. The Morgan fingerprint density at radius 1 is 0.984 bits per heavy atom. The lowest BCUT2D eigenvalue weighted by Crippen LogP contribution is -2.50. The molecule has 3 rings (SSSR count). The Hall–Kier alpha value is -3.72. The van der Waals surface area contributed by atoms with Gasteiger partial charge in [-0.15, -0.1) is 11.3 Å². The molecule has 0 spiro atoms. The van der Waals surface area contributed by atoms with Crippen molar-refractivity contribution in [2.45, 2.75) is 157 Å². The second-order valence-corrected chi connectivity index (χ2v) is 18.7. The molecular formula is C47H75N5O8S. The highest BCUT2D eigenvalue weighted by molar-refractivity contribution is 7.09. The second kappa shape index (κ2) is 25.4. The number of thiazole rings is 1. The molecule has 0 saturated carbocycles. The minimum absolute atomic E-state index is 0.0165. The van der Waals surface area contributed by atoms with Crippen molar-refractivity contribution in [3.05, 3.63) is 45.9 Å². The molecule has 2 amide bonds. The van der Waals surface area contributed by atoms with Gasteiger partial charge in [-0.2, -0.15) is 0 Å². The minimum Gasteiger partial charge on any atom is -0.481 e. The summed E-state index contributed by atoms with van der Waals surface area (Å²) in [6.07, 6.45) is 5.98. The third-order valence-corrected chi connectivity index (χ3v) is 13.1. The molecule has 1 fully saturated rings. The molecule has 1 aliphatic rings. The van der Waals surface area contributed by atoms with Crippen LogP contribution in [-0.2, 0) is 30.3 Å². The van der Waals surface area contributed by atoms with E-state index in [1.165, 1.54) is 11.3 Å². The zero-order chi connectivity index (χ0) is 45.4. The number of nitrogens with zero attached hydrogens (tertiary/aromatic N) is 3. The van der Waals surface area contributed by atoms with Gasteiger partial charge in [-0.1, -0.05) is 87.3 Å². The first-order chi connectivity index (χ1) is 28.9. The predicted molar refractivity (Wildman–Crippen MR) is 240 cm³/mol. The maximum absolute atomic E-state index is 14.8. The first-order valence-electron chi connectivity index (χ1n) is 22.6. The topological polar surface area (TPSA) is 181 Å². The summed E-state index contributed by atoms with van der Waals surface area (Å²) in [4.78, 5) is 75.6. The highest BCUT2D eigenvalue weighted by Gasteiger charge is 2.38. The van der Waals surface area contributed by atoms with Crippen LogP contribution in [0.2, 0.25) is 0 Å². The number of piperidine rings is 1. The van der Waals surface area contributed by atoms with Crippen molar-refractivity contribution in [2.75, 3.05) is 26.7 Å². The molecule has 14 heteroatoms. The number of rotatable bonds is 26. The number of likely N-dealkylation sites (N-methyl/N-ethyl adjacent to an activating group) is 1. The van der Waals surface area contributed by atoms with Crippen LogP contribution in [0.3, 0.4) is 0 Å². The van der Waals surface area contributed by atoms with Crippen LogP contribution in [0.15, 0.2) is 29.6 Å². The van der Waals surface area contributed by atoms with E-state index in [2.05, 4.69) is 44.8 Å². The van der Waals surface area contributed by atoms with Crippen molar-refractivity contribution in [2.24, 2.45) is 35.3 Å². The van der Waals surface area contributed by atoms with Crippen LogP contribution >= 0.6 is 11.3 Å². The molecule has 1 aromatic carbocycles. The summed E-state index contributed by atoms with van der Waals surface area (Å²) in [7, 11) is 2.01. The maximum atomic E-state index is 14.8. The van der Waals surface area contributed by atoms with Gasteiger partial charge in [0, 0.05) is 49.4 Å². The van der Waals surface area contributed by atoms with Gasteiger partial charge in [0.25, 0.3) is 5.91 Å². The number of nitrogens with one attached hydrogen (secondary N) is 1. The van der Waals surface area contributed by atoms with E-state index >= 15 is 0 Å². The standard InChI is InChI=1S/C47H75N5O8S/c1-11-21-52(45(55)36(31(8)13-3)26-40(53)38-16-14-15-22-51(38)10)39(29(4)5)27-41(59-23-12-2)44-50-37(28-61-44)43(54)49-34(24-32(9)46(56)57)25-33-17-19-35(20-18-33)60-47(58)42(48)30(6)7/h17-20,28-32,34,36,38-39,41-42H,11-16,21-27,48H2,1-10H3,(H,49,54)(H,56,57)/t31-,32-,34+,36-,38+,39+,41+,42+/m0/s1. The van der Waals surface area contributed by atoms with Crippen LogP contribution in [0.5, 0.6) is 5.75 Å². The predicted octanol–water partition coefficient (Wildman–Crippen LogP) is 7.71. The van der Waals surface area contributed by atoms with Crippen molar-refractivity contribution >= 4 is 40.9 Å². The summed E-state index contributed by atoms with van der Waals surface area (Å²) in [6, 6.07) is 5.22. The number of ketones is 1. The van der Waals surface area contributed by atoms with E-state index in [1.807, 2.05) is 32.7 Å². The van der Waals surface area contributed by atoms with Crippen molar-refractivity contribution in [3.63, 3.8) is 0 Å². The smallest absolute Gasteiger partial charge is 0.328 e. The summed E-state index contributed by atoms with van der Waals surface area (Å²) in [5.41, 5.74) is 6.95. The van der Waals surface area contributed by atoms with Gasteiger partial charge in [-0.3, -0.25) is 24.1 Å². The molecule has 13 nitrogen and oxygen atoms in total. The average molecular weight is 870 g/mol. The summed E-state index contributed by atoms with van der Waals surface area (Å²) in [5, 5.41) is 15.1. The SMILES string of the molecule is CCCO[C@H](C[C@H](C(C)C)N(CCC)C(=O)[C@@H](CC(=O)[C@H]1CCCCN1C)[C@@H](C)CC)c1nc(C(=O)N[C@@H](Cc2ccc(OC(=O)[C@H](N)C(C)C)cc2)C[C@H](C)C(=O)O)cs1. The van der Waals surface area contributed by atoms with Crippen LogP contribution in [-0.4, -0.2) is 100 Å². The van der Waals surface area contributed by atoms with E-state index in [0.29, 0.717) is 36.8 Å². The van der Waals surface area contributed by atoms with Crippen LogP contribution in [0, 0.1) is 29.6 Å². The number of Topliss-reactive ketones (excluding diaryl/α,β-unsaturated/α-hetero) is 1. The number of carboxylic acids is 1. The fourth-order valence-corrected chi connectivity index (χ4v) is 8.84. The fourth-order valence-electron chi connectivity index (χ4n) is 7.98. The number of carbonyl (C=O) groups is 5. The van der Waals surface area contributed by atoms with Gasteiger partial charge >= 0.3 is 11.9 Å². The van der Waals surface area contributed by atoms with Gasteiger partial charge in [0.05, 0.1) is 12.0 Å². The van der Waals surface area contributed by atoms with Crippen molar-refractivity contribution in [3.8, 4) is 5.75 Å². The van der Waals surface area contributed by atoms with Gasteiger partial charge in [0.15, 0.2) is 5.78 Å². The lowest BCUT2D eigenvalue weighted by atomic mass is 9.82. The Balaban J connectivity index is 1.85. The monoisotopic (exact) mass is 870 g/mol. The fraction of sp³-hybridized carbons (Fsp3) is 0.702. The minimum atomic E-state index is -0.968. The van der Waals surface area contributed by atoms with Crippen molar-refractivity contribution < 1.29 is 38.6 Å². The summed E-state index contributed by atoms with van der Waals surface area (Å²) >= 11 is 1.33. The van der Waals surface area contributed by atoms with E-state index < -0.39 is 47.9 Å². The Morgan fingerprint density at radius 3 is 2.25 bits per heavy atom. The number of hydrogen-bond acceptors (Lipinski definition) is 11. The summed E-state index contributed by atoms with van der Waals surface area (Å²) < 4.78 is 11.9. The number of aliphatic carboxylic acids is 1. The molecule has 1 saturated heterocycles. The normalized spacial score (nSPS) is 18.1. The number of esters is 1. The third-order valence-electron chi connectivity index (χ3n) is 12.1. The zero-order valence-electron chi connectivity index (χ0n) is 38.5. The number of aromatic nitrogens is 1. The van der Waals surface area contributed by atoms with Crippen LogP contribution in [0.25, 0.3) is 0 Å². The van der Waals surface area contributed by atoms with Crippen LogP contribution in [0.4, 0.5) is 0 Å². The average Bonchev–Trinajstić information content (AvgIpc) is 3.72. The van der Waals surface area contributed by atoms with Gasteiger partial charge in [-0.05, 0) is 87.6 Å². The summed E-state index contributed by atoms with van der Waals surface area (Å²) in [6.45, 7) is 19.7. The first kappa shape index (κ1) is 51.6. The number of likely N-dealkylation sites (tertiary alicyclic amines) is 1. The number of ether oxygens (including phenoxy) is 2. The molecular weight excluding hydrogens is 795 g/mol. The molecule has 4 N–H and O–H groups in total. The number of amides is 2. The van der Waals surface area contributed by atoms with Crippen molar-refractivity contribution in [1.29, 1.82) is 0 Å². The number of carboxylic acid groups (broad SMARTS) is 1. The van der Waals surface area contributed by atoms with Crippen molar-refractivity contribution in [1.82, 2.24) is 20.1 Å². The van der Waals surface area contributed by atoms with E-state index in [0.717, 1.165) is 50.6 Å². The van der Waals surface area contributed by atoms with Gasteiger partial charge in [-0.25, -0.2) is 9.78 Å². The van der Waals surface area contributed by atoms with Crippen LogP contribution < -0.4 is 15.8 Å². The molecule has 8 atom stereocenters. The van der Waals surface area contributed by atoms with E-state index in [-0.39, 0.29) is 60.1 Å². The molecule has 2 heterocycles. The Bertz CT molecular complexity index is 1700. The first-order valence-corrected chi connectivity index (χ1v) is 23.5. The molecule has 1 aliphatic heterocycles. The molecule has 0 aliphatic carbocycles. The lowest BCUT2D eigenvalue weighted by molar-refractivity contribution is -0.145. The van der Waals surface area contributed by atoms with E-state index in [9.17, 15) is 29.1 Å². The highest BCUT2D eigenvalue weighted by atomic mass is 32.1. The van der Waals surface area contributed by atoms with E-state index in [4.69, 9.17) is 20.2 Å². The Morgan fingerprint density at radius 2 is 1.67 bits per heavy atom. The molecule has 61 heavy (non-hydrogen) atoms. The molecule has 342 valence electrons. The molecule has 0 bridgehead atoms. The van der Waals surface area contributed by atoms with Gasteiger partial charge < -0.3 is 30.5 Å². The Kier molecular flexibility index (Phi) is 21.5. The molecule has 1 aromatic heterocycles. The van der Waals surface area contributed by atoms with Crippen LogP contribution in [0.1, 0.15) is 147 Å². The number of nitrogens with two attached hydrogens (primary N) is 1. The maximum Gasteiger partial charge on any atom is 0.328 e. The van der Waals surface area contributed by atoms with Gasteiger partial charge in [0.2, 0.25) is 5.91 Å². The van der Waals surface area contributed by atoms with Gasteiger partial charge in [0.1, 0.15) is 28.6 Å². The molecule has 0 unspecified atom stereocenters. The number of benzene rings is 1. The number of carbonyl (C=O) groups excluding carboxylic acids is 4. The second-order valence-electron chi connectivity index (χ2n) is 17.8. The molecule has 0 radical (unpaired) electrons. The third kappa shape index (κ3) is 15.5. The Labute approximate surface area is 368 Å². The largest absolute Gasteiger partial charge is 0.481 e. The molecule has 2 aromatic rings. The zero-order valence-corrected chi connectivity index (χ0v) is 39.3. The summed E-state index contributed by atoms with van der Waals surface area (Å²) in [5.74, 6) is -2.54.